The van der Waals surface area contributed by atoms with Gasteiger partial charge >= 0.3 is 0 Å². The molecule has 0 radical (unpaired) electrons. The number of hydrogen-bond donors (Lipinski definition) is 2. The maximum atomic E-state index is 12.9. The highest BCUT2D eigenvalue weighted by molar-refractivity contribution is 5.79. The maximum absolute atomic E-state index is 12.9. The van der Waals surface area contributed by atoms with Crippen LogP contribution in [-0.2, 0) is 11.2 Å². The number of fused-ring (bicyclic) bond motifs is 1. The Labute approximate surface area is 97.1 Å². The second-order valence-corrected chi connectivity index (χ2v) is 3.67. The predicted octanol–water partition coefficient (Wildman–Crippen LogP) is 1.81. The minimum Gasteiger partial charge on any atom is -0.289 e. The van der Waals surface area contributed by atoms with Gasteiger partial charge in [0.15, 0.2) is 0 Å². The zero-order valence-corrected chi connectivity index (χ0v) is 8.98. The van der Waals surface area contributed by atoms with Crippen molar-refractivity contribution in [3.8, 4) is 0 Å². The van der Waals surface area contributed by atoms with Gasteiger partial charge in [-0.2, -0.15) is 0 Å². The van der Waals surface area contributed by atoms with Crippen LogP contribution in [0.5, 0.6) is 0 Å². The summed E-state index contributed by atoms with van der Waals surface area (Å²) in [5.74, 6) is -0.752. The number of nitrogens with one attached hydrogen (secondary N) is 1. The van der Waals surface area contributed by atoms with E-state index in [4.69, 9.17) is 5.21 Å². The second kappa shape index (κ2) is 4.88. The summed E-state index contributed by atoms with van der Waals surface area (Å²) < 4.78 is 12.9. The summed E-state index contributed by atoms with van der Waals surface area (Å²) >= 11 is 0. The van der Waals surface area contributed by atoms with Crippen molar-refractivity contribution >= 4 is 16.8 Å². The largest absolute Gasteiger partial charge is 0.289 e. The van der Waals surface area contributed by atoms with Crippen LogP contribution in [0.25, 0.3) is 10.9 Å². The van der Waals surface area contributed by atoms with Gasteiger partial charge in [-0.3, -0.25) is 15.0 Å². The molecule has 2 aromatic rings. The number of pyridine rings is 1. The first-order valence-corrected chi connectivity index (χ1v) is 5.17. The van der Waals surface area contributed by atoms with E-state index in [1.165, 1.54) is 12.1 Å². The third-order valence-electron chi connectivity index (χ3n) is 2.44. The quantitative estimate of drug-likeness (QED) is 0.629. The molecule has 1 aromatic heterocycles. The Morgan fingerprint density at radius 2 is 2.18 bits per heavy atom. The lowest BCUT2D eigenvalue weighted by molar-refractivity contribution is -0.129. The van der Waals surface area contributed by atoms with Crippen LogP contribution < -0.4 is 5.48 Å². The molecular weight excluding hydrogens is 223 g/mol. The van der Waals surface area contributed by atoms with Crippen LogP contribution in [0.1, 0.15) is 12.1 Å². The lowest BCUT2D eigenvalue weighted by Gasteiger charge is -2.02. The lowest BCUT2D eigenvalue weighted by atomic mass is 10.1. The molecule has 0 aliphatic rings. The molecule has 17 heavy (non-hydrogen) atoms. The van der Waals surface area contributed by atoms with E-state index in [0.717, 1.165) is 11.1 Å². The van der Waals surface area contributed by atoms with Crippen LogP contribution in [0, 0.1) is 5.82 Å². The van der Waals surface area contributed by atoms with E-state index in [-0.39, 0.29) is 12.2 Å². The summed E-state index contributed by atoms with van der Waals surface area (Å²) in [4.78, 5) is 15.1. The average Bonchev–Trinajstić information content (AvgIpc) is 2.35. The Kier molecular flexibility index (Phi) is 3.30. The summed E-state index contributed by atoms with van der Waals surface area (Å²) in [7, 11) is 0. The molecule has 2 N–H and O–H groups in total. The zero-order valence-electron chi connectivity index (χ0n) is 8.98. The average molecular weight is 234 g/mol. The number of aromatic nitrogens is 1. The normalized spacial score (nSPS) is 10.5. The van der Waals surface area contributed by atoms with E-state index < -0.39 is 5.91 Å². The van der Waals surface area contributed by atoms with Crippen molar-refractivity contribution in [2.45, 2.75) is 12.8 Å². The monoisotopic (exact) mass is 234 g/mol. The highest BCUT2D eigenvalue weighted by Gasteiger charge is 2.03. The molecule has 1 amide bonds. The van der Waals surface area contributed by atoms with E-state index in [2.05, 4.69) is 4.98 Å². The van der Waals surface area contributed by atoms with Gasteiger partial charge in [0.2, 0.25) is 5.91 Å². The van der Waals surface area contributed by atoms with E-state index in [0.29, 0.717) is 11.9 Å². The van der Waals surface area contributed by atoms with Crippen LogP contribution >= 0.6 is 0 Å². The molecule has 0 bridgehead atoms. The first kappa shape index (κ1) is 11.5. The molecule has 0 aliphatic carbocycles. The number of nitrogens with zero attached hydrogens (tertiary/aromatic N) is 1. The Morgan fingerprint density at radius 3 is 2.94 bits per heavy atom. The number of carbonyl (C=O) groups is 1. The first-order chi connectivity index (χ1) is 8.19. The van der Waals surface area contributed by atoms with Crippen LogP contribution in [0.2, 0.25) is 0 Å². The van der Waals surface area contributed by atoms with Gasteiger partial charge in [-0.15, -0.1) is 0 Å². The van der Waals surface area contributed by atoms with Crippen molar-refractivity contribution in [3.63, 3.8) is 0 Å². The van der Waals surface area contributed by atoms with Crippen molar-refractivity contribution < 1.29 is 14.4 Å². The third kappa shape index (κ3) is 2.76. The van der Waals surface area contributed by atoms with Gasteiger partial charge in [0, 0.05) is 17.5 Å². The molecule has 0 atom stereocenters. The van der Waals surface area contributed by atoms with E-state index in [9.17, 15) is 9.18 Å². The molecular formula is C12H11FN2O2. The fourth-order valence-electron chi connectivity index (χ4n) is 1.58. The molecule has 1 aromatic carbocycles. The van der Waals surface area contributed by atoms with Crippen LogP contribution in [-0.4, -0.2) is 16.1 Å². The molecule has 0 fully saturated rings. The summed E-state index contributed by atoms with van der Waals surface area (Å²) in [6, 6.07) is 7.86. The minimum atomic E-state index is -0.453. The van der Waals surface area contributed by atoms with Gasteiger partial charge in [0.05, 0.1) is 5.52 Å². The van der Waals surface area contributed by atoms with Crippen molar-refractivity contribution in [1.29, 1.82) is 0 Å². The molecule has 0 unspecified atom stereocenters. The van der Waals surface area contributed by atoms with Gasteiger partial charge in [-0.1, -0.05) is 6.07 Å². The fourth-order valence-corrected chi connectivity index (χ4v) is 1.58. The molecule has 1 heterocycles. The van der Waals surface area contributed by atoms with Gasteiger partial charge in [0.25, 0.3) is 0 Å². The summed E-state index contributed by atoms with van der Waals surface area (Å²) in [5.41, 5.74) is 2.98. The molecule has 88 valence electrons. The third-order valence-corrected chi connectivity index (χ3v) is 2.44. The Morgan fingerprint density at radius 1 is 1.35 bits per heavy atom. The summed E-state index contributed by atoms with van der Waals surface area (Å²) in [5, 5.41) is 9.08. The standard InChI is InChI=1S/C12H11FN2O2/c13-9-2-5-11-8(7-9)1-3-10(14-11)4-6-12(16)15-17/h1-3,5,7,17H,4,6H2,(H,15,16). The SMILES string of the molecule is O=C(CCc1ccc2cc(F)ccc2n1)NO. The predicted molar refractivity (Wildman–Crippen MR) is 60.0 cm³/mol. The van der Waals surface area contributed by atoms with Crippen LogP contribution in [0.4, 0.5) is 4.39 Å². The van der Waals surface area contributed by atoms with Crippen LogP contribution in [0.3, 0.4) is 0 Å². The highest BCUT2D eigenvalue weighted by Crippen LogP contribution is 2.14. The number of hydrogen-bond acceptors (Lipinski definition) is 3. The number of rotatable bonds is 3. The number of carbonyl (C=O) groups excluding carboxylic acids is 1. The van der Waals surface area contributed by atoms with E-state index in [1.54, 1.807) is 23.7 Å². The zero-order chi connectivity index (χ0) is 12.3. The Hall–Kier alpha value is -2.01. The molecule has 2 rings (SSSR count). The Bertz CT molecular complexity index is 557. The van der Waals surface area contributed by atoms with Crippen LogP contribution in [0.15, 0.2) is 30.3 Å². The topological polar surface area (TPSA) is 62.2 Å². The molecule has 0 aliphatic heterocycles. The maximum Gasteiger partial charge on any atom is 0.243 e. The lowest BCUT2D eigenvalue weighted by Crippen LogP contribution is -2.18. The van der Waals surface area contributed by atoms with Crippen molar-refractivity contribution in [2.24, 2.45) is 0 Å². The van der Waals surface area contributed by atoms with E-state index in [1.807, 2.05) is 0 Å². The molecule has 0 saturated heterocycles. The number of amides is 1. The number of halogens is 1. The van der Waals surface area contributed by atoms with Crippen molar-refractivity contribution in [1.82, 2.24) is 10.5 Å². The second-order valence-electron chi connectivity index (χ2n) is 3.67. The molecule has 4 nitrogen and oxygen atoms in total. The molecule has 0 saturated carbocycles. The van der Waals surface area contributed by atoms with E-state index >= 15 is 0 Å². The molecule has 5 heteroatoms. The van der Waals surface area contributed by atoms with Gasteiger partial charge in [-0.25, -0.2) is 9.87 Å². The number of hydroxylamine groups is 1. The van der Waals surface area contributed by atoms with Gasteiger partial charge in [-0.05, 0) is 30.7 Å². The fraction of sp³-hybridized carbons (Fsp3) is 0.167. The van der Waals surface area contributed by atoms with Crippen molar-refractivity contribution in [2.75, 3.05) is 0 Å². The van der Waals surface area contributed by atoms with Gasteiger partial charge < -0.3 is 0 Å². The van der Waals surface area contributed by atoms with Gasteiger partial charge in [0.1, 0.15) is 5.82 Å². The highest BCUT2D eigenvalue weighted by atomic mass is 19.1. The van der Waals surface area contributed by atoms with Crippen molar-refractivity contribution in [3.05, 3.63) is 41.8 Å². The minimum absolute atomic E-state index is 0.163. The Balaban J connectivity index is 2.20. The smallest absolute Gasteiger partial charge is 0.243 e. The summed E-state index contributed by atoms with van der Waals surface area (Å²) in [6.45, 7) is 0. The summed E-state index contributed by atoms with van der Waals surface area (Å²) in [6.07, 6.45) is 0.593. The number of aryl methyl sites for hydroxylation is 1. The first-order valence-electron chi connectivity index (χ1n) is 5.17. The molecule has 0 spiro atoms. The number of benzene rings is 1.